The molecule has 1 saturated heterocycles. The largest absolute Gasteiger partial charge is 0.379 e. The van der Waals surface area contributed by atoms with Gasteiger partial charge in [-0.1, -0.05) is 6.07 Å². The fourth-order valence-corrected chi connectivity index (χ4v) is 2.47. The van der Waals surface area contributed by atoms with Gasteiger partial charge >= 0.3 is 0 Å². The van der Waals surface area contributed by atoms with Crippen molar-refractivity contribution in [1.29, 1.82) is 0 Å². The summed E-state index contributed by atoms with van der Waals surface area (Å²) in [5.74, 6) is 0.275. The molecule has 0 amide bonds. The summed E-state index contributed by atoms with van der Waals surface area (Å²) in [5, 5.41) is 3.28. The van der Waals surface area contributed by atoms with Gasteiger partial charge in [0, 0.05) is 30.7 Å². The highest BCUT2D eigenvalue weighted by molar-refractivity contribution is 5.46. The first-order valence-electron chi connectivity index (χ1n) is 6.50. The molecule has 1 aromatic carbocycles. The molecule has 1 heterocycles. The first-order valence-corrected chi connectivity index (χ1v) is 6.50. The van der Waals surface area contributed by atoms with E-state index in [9.17, 15) is 4.39 Å². The second-order valence-corrected chi connectivity index (χ2v) is 4.71. The molecule has 2 unspecified atom stereocenters. The Hall–Kier alpha value is -1.13. The van der Waals surface area contributed by atoms with Gasteiger partial charge in [-0.25, -0.2) is 4.39 Å². The Morgan fingerprint density at radius 1 is 1.44 bits per heavy atom. The van der Waals surface area contributed by atoms with Gasteiger partial charge < -0.3 is 15.0 Å². The minimum Gasteiger partial charge on any atom is -0.379 e. The molecular formula is C14H21FN2O. The summed E-state index contributed by atoms with van der Waals surface area (Å²) < 4.78 is 18.8. The molecule has 1 N–H and O–H groups in total. The third-order valence-corrected chi connectivity index (χ3v) is 3.58. The number of ether oxygens (including phenoxy) is 1. The topological polar surface area (TPSA) is 24.5 Å². The third kappa shape index (κ3) is 3.00. The number of hydrogen-bond donors (Lipinski definition) is 1. The minimum absolute atomic E-state index is 0.182. The fourth-order valence-electron chi connectivity index (χ4n) is 2.47. The van der Waals surface area contributed by atoms with Crippen LogP contribution in [-0.2, 0) is 4.74 Å². The van der Waals surface area contributed by atoms with Crippen LogP contribution in [0.5, 0.6) is 0 Å². The van der Waals surface area contributed by atoms with E-state index in [4.69, 9.17) is 4.74 Å². The highest BCUT2D eigenvalue weighted by Gasteiger charge is 2.28. The number of nitrogens with zero attached hydrogens (tertiary/aromatic N) is 1. The number of benzene rings is 1. The van der Waals surface area contributed by atoms with Crippen LogP contribution in [0.15, 0.2) is 24.3 Å². The average Bonchev–Trinajstić information content (AvgIpc) is 2.83. The Labute approximate surface area is 108 Å². The molecule has 0 bridgehead atoms. The van der Waals surface area contributed by atoms with Gasteiger partial charge in [-0.2, -0.15) is 0 Å². The quantitative estimate of drug-likeness (QED) is 0.866. The van der Waals surface area contributed by atoms with E-state index in [1.165, 1.54) is 6.07 Å². The highest BCUT2D eigenvalue weighted by atomic mass is 19.1. The van der Waals surface area contributed by atoms with E-state index >= 15 is 0 Å². The standard InChI is InChI=1S/C14H21FN2O/c1-3-17(13-6-4-5-12(15)7-13)8-11-9-18-10-14(11)16-2/h4-7,11,14,16H,3,8-10H2,1-2H3. The monoisotopic (exact) mass is 252 g/mol. The van der Waals surface area contributed by atoms with Gasteiger partial charge in [0.1, 0.15) is 5.82 Å². The Bertz CT molecular complexity index is 386. The minimum atomic E-state index is -0.182. The molecule has 0 aromatic heterocycles. The molecule has 0 spiro atoms. The van der Waals surface area contributed by atoms with Crippen LogP contribution in [0.3, 0.4) is 0 Å². The lowest BCUT2D eigenvalue weighted by molar-refractivity contribution is 0.183. The predicted octanol–water partition coefficient (Wildman–Crippen LogP) is 1.89. The SMILES string of the molecule is CCN(CC1COCC1NC)c1cccc(F)c1. The lowest BCUT2D eigenvalue weighted by Gasteiger charge is -2.28. The maximum atomic E-state index is 13.3. The summed E-state index contributed by atoms with van der Waals surface area (Å²) in [5.41, 5.74) is 0.944. The van der Waals surface area contributed by atoms with Crippen molar-refractivity contribution in [1.82, 2.24) is 5.32 Å². The zero-order chi connectivity index (χ0) is 13.0. The van der Waals surface area contributed by atoms with Crippen LogP contribution in [-0.4, -0.2) is 39.4 Å². The Morgan fingerprint density at radius 2 is 2.28 bits per heavy atom. The molecule has 1 aliphatic heterocycles. The van der Waals surface area contributed by atoms with E-state index in [0.29, 0.717) is 12.0 Å². The Morgan fingerprint density at radius 3 is 2.94 bits per heavy atom. The summed E-state index contributed by atoms with van der Waals surface area (Å²) in [6.45, 7) is 5.40. The van der Waals surface area contributed by atoms with E-state index in [-0.39, 0.29) is 5.82 Å². The molecule has 18 heavy (non-hydrogen) atoms. The fraction of sp³-hybridized carbons (Fsp3) is 0.571. The van der Waals surface area contributed by atoms with Gasteiger partial charge in [0.25, 0.3) is 0 Å². The van der Waals surface area contributed by atoms with Crippen LogP contribution >= 0.6 is 0 Å². The normalized spacial score (nSPS) is 23.3. The van der Waals surface area contributed by atoms with Gasteiger partial charge in [-0.05, 0) is 32.2 Å². The summed E-state index contributed by atoms with van der Waals surface area (Å²) in [6, 6.07) is 7.18. The zero-order valence-electron chi connectivity index (χ0n) is 11.0. The lowest BCUT2D eigenvalue weighted by atomic mass is 10.0. The van der Waals surface area contributed by atoms with Crippen molar-refractivity contribution in [3.05, 3.63) is 30.1 Å². The van der Waals surface area contributed by atoms with Gasteiger partial charge in [-0.3, -0.25) is 0 Å². The van der Waals surface area contributed by atoms with Crippen molar-refractivity contribution in [3.8, 4) is 0 Å². The number of halogens is 1. The molecular weight excluding hydrogens is 231 g/mol. The first kappa shape index (κ1) is 13.3. The number of anilines is 1. The average molecular weight is 252 g/mol. The Balaban J connectivity index is 2.05. The van der Waals surface area contributed by atoms with E-state index < -0.39 is 0 Å². The highest BCUT2D eigenvalue weighted by Crippen LogP contribution is 2.20. The van der Waals surface area contributed by atoms with Crippen LogP contribution in [0, 0.1) is 11.7 Å². The van der Waals surface area contributed by atoms with Crippen LogP contribution < -0.4 is 10.2 Å². The number of hydrogen-bond acceptors (Lipinski definition) is 3. The van der Waals surface area contributed by atoms with Crippen LogP contribution in [0.25, 0.3) is 0 Å². The first-order chi connectivity index (χ1) is 8.74. The number of nitrogens with one attached hydrogen (secondary N) is 1. The van der Waals surface area contributed by atoms with E-state index in [2.05, 4.69) is 17.1 Å². The second-order valence-electron chi connectivity index (χ2n) is 4.71. The van der Waals surface area contributed by atoms with E-state index in [1.807, 2.05) is 13.1 Å². The Kier molecular flexibility index (Phi) is 4.55. The summed E-state index contributed by atoms with van der Waals surface area (Å²) in [7, 11) is 1.96. The molecule has 0 aliphatic carbocycles. The molecule has 4 heteroatoms. The smallest absolute Gasteiger partial charge is 0.125 e. The molecule has 1 fully saturated rings. The molecule has 2 atom stereocenters. The van der Waals surface area contributed by atoms with Gasteiger partial charge in [0.15, 0.2) is 0 Å². The number of likely N-dealkylation sites (N-methyl/N-ethyl adjacent to an activating group) is 1. The zero-order valence-corrected chi connectivity index (χ0v) is 11.0. The predicted molar refractivity (Wildman–Crippen MR) is 71.4 cm³/mol. The van der Waals surface area contributed by atoms with Crippen molar-refractivity contribution in [2.24, 2.45) is 5.92 Å². The molecule has 2 rings (SSSR count). The van der Waals surface area contributed by atoms with Crippen molar-refractivity contribution < 1.29 is 9.13 Å². The lowest BCUT2D eigenvalue weighted by Crippen LogP contribution is -2.40. The summed E-state index contributed by atoms with van der Waals surface area (Å²) in [6.07, 6.45) is 0. The van der Waals surface area contributed by atoms with Crippen molar-refractivity contribution in [2.45, 2.75) is 13.0 Å². The molecule has 1 aromatic rings. The van der Waals surface area contributed by atoms with Crippen LogP contribution in [0.4, 0.5) is 10.1 Å². The van der Waals surface area contributed by atoms with E-state index in [1.54, 1.807) is 12.1 Å². The molecule has 3 nitrogen and oxygen atoms in total. The van der Waals surface area contributed by atoms with E-state index in [0.717, 1.165) is 32.0 Å². The van der Waals surface area contributed by atoms with Gasteiger partial charge in [-0.15, -0.1) is 0 Å². The number of rotatable bonds is 5. The second kappa shape index (κ2) is 6.16. The molecule has 100 valence electrons. The molecule has 0 radical (unpaired) electrons. The third-order valence-electron chi connectivity index (χ3n) is 3.58. The van der Waals surface area contributed by atoms with Crippen LogP contribution in [0.2, 0.25) is 0 Å². The molecule has 0 saturated carbocycles. The summed E-state index contributed by atoms with van der Waals surface area (Å²) >= 11 is 0. The van der Waals surface area contributed by atoms with Crippen molar-refractivity contribution in [2.75, 3.05) is 38.3 Å². The van der Waals surface area contributed by atoms with Gasteiger partial charge in [0.05, 0.1) is 13.2 Å². The van der Waals surface area contributed by atoms with Crippen molar-refractivity contribution >= 4 is 5.69 Å². The maximum absolute atomic E-state index is 13.3. The maximum Gasteiger partial charge on any atom is 0.125 e. The van der Waals surface area contributed by atoms with Gasteiger partial charge in [0.2, 0.25) is 0 Å². The molecule has 1 aliphatic rings. The summed E-state index contributed by atoms with van der Waals surface area (Å²) in [4.78, 5) is 2.20. The van der Waals surface area contributed by atoms with Crippen LogP contribution in [0.1, 0.15) is 6.92 Å². The van der Waals surface area contributed by atoms with Crippen molar-refractivity contribution in [3.63, 3.8) is 0 Å².